The van der Waals surface area contributed by atoms with Crippen LogP contribution in [0.2, 0.25) is 0 Å². The molecule has 0 bridgehead atoms. The van der Waals surface area contributed by atoms with E-state index < -0.39 is 11.9 Å². The van der Waals surface area contributed by atoms with Gasteiger partial charge in [0.05, 0.1) is 5.01 Å². The lowest BCUT2D eigenvalue weighted by Crippen LogP contribution is -2.50. The molecular weight excluding hydrogens is 530 g/mol. The normalized spacial score (nSPS) is 15.8. The minimum absolute atomic E-state index is 0. The average Bonchev–Trinajstić information content (AvgIpc) is 3.18. The van der Waals surface area contributed by atoms with Gasteiger partial charge in [0.15, 0.2) is 11.7 Å². The van der Waals surface area contributed by atoms with Gasteiger partial charge < -0.3 is 15.5 Å². The van der Waals surface area contributed by atoms with Crippen molar-refractivity contribution in [2.24, 2.45) is 10.9 Å². The van der Waals surface area contributed by atoms with Crippen LogP contribution in [0, 0.1) is 5.92 Å². The molecule has 0 radical (unpaired) electrons. The summed E-state index contributed by atoms with van der Waals surface area (Å²) in [6, 6.07) is 0.212. The molecule has 0 atom stereocenters. The third-order valence-corrected chi connectivity index (χ3v) is 6.09. The Balaban J connectivity index is 0.00000450. The lowest BCUT2D eigenvalue weighted by molar-refractivity contribution is -0.140. The molecule has 1 saturated heterocycles. The van der Waals surface area contributed by atoms with Crippen LogP contribution in [0.3, 0.4) is 0 Å². The van der Waals surface area contributed by atoms with Crippen molar-refractivity contribution in [2.45, 2.75) is 58.2 Å². The highest BCUT2D eigenvalue weighted by molar-refractivity contribution is 14.0. The van der Waals surface area contributed by atoms with E-state index in [1.807, 2.05) is 18.7 Å². The van der Waals surface area contributed by atoms with Gasteiger partial charge in [0, 0.05) is 50.4 Å². The number of hydrogen-bond donors (Lipinski definition) is 2. The maximum absolute atomic E-state index is 12.6. The number of carbonyl (C=O) groups is 1. The highest BCUT2D eigenvalue weighted by atomic mass is 127. The summed E-state index contributed by atoms with van der Waals surface area (Å²) in [6.45, 7) is 5.99. The number of guanidine groups is 1. The molecule has 1 aliphatic rings. The van der Waals surface area contributed by atoms with Gasteiger partial charge in [-0.15, -0.1) is 35.3 Å². The van der Waals surface area contributed by atoms with Gasteiger partial charge >= 0.3 is 6.18 Å². The molecule has 0 aromatic carbocycles. The van der Waals surface area contributed by atoms with E-state index in [0.717, 1.165) is 55.5 Å². The molecule has 2 heterocycles. The van der Waals surface area contributed by atoms with E-state index in [-0.39, 0.29) is 41.8 Å². The van der Waals surface area contributed by atoms with Gasteiger partial charge in [-0.3, -0.25) is 9.79 Å². The van der Waals surface area contributed by atoms with E-state index in [9.17, 15) is 18.0 Å². The zero-order valence-corrected chi connectivity index (χ0v) is 20.7. The van der Waals surface area contributed by atoms with Gasteiger partial charge in [-0.1, -0.05) is 13.8 Å². The van der Waals surface area contributed by atoms with E-state index in [1.54, 1.807) is 7.05 Å². The van der Waals surface area contributed by atoms with Crippen molar-refractivity contribution in [1.82, 2.24) is 20.5 Å². The molecule has 30 heavy (non-hydrogen) atoms. The lowest BCUT2D eigenvalue weighted by atomic mass is 9.98. The van der Waals surface area contributed by atoms with Crippen molar-refractivity contribution in [2.75, 3.05) is 26.7 Å². The summed E-state index contributed by atoms with van der Waals surface area (Å²) < 4.78 is 37.8. The van der Waals surface area contributed by atoms with Crippen LogP contribution in [0.4, 0.5) is 13.2 Å². The third kappa shape index (κ3) is 7.86. The summed E-state index contributed by atoms with van der Waals surface area (Å²) in [5.41, 5.74) is -0.838. The van der Waals surface area contributed by atoms with Crippen LogP contribution in [-0.2, 0) is 17.4 Å². The minimum Gasteiger partial charge on any atom is -0.356 e. The summed E-state index contributed by atoms with van der Waals surface area (Å²) in [5, 5.41) is 7.95. The van der Waals surface area contributed by atoms with Crippen LogP contribution < -0.4 is 10.6 Å². The third-order valence-electron chi connectivity index (χ3n) is 5.18. The van der Waals surface area contributed by atoms with Crippen LogP contribution >= 0.6 is 35.3 Å². The number of thiazole rings is 1. The molecule has 2 rings (SSSR count). The summed E-state index contributed by atoms with van der Waals surface area (Å²) >= 11 is 1.01. The largest absolute Gasteiger partial charge is 0.434 e. The monoisotopic (exact) mass is 561 g/mol. The Morgan fingerprint density at radius 2 is 1.97 bits per heavy atom. The van der Waals surface area contributed by atoms with E-state index >= 15 is 0 Å². The number of carbonyl (C=O) groups excluding carboxylic acids is 1. The number of aliphatic imine (C=N–C) groups is 1. The Morgan fingerprint density at radius 3 is 2.47 bits per heavy atom. The first kappa shape index (κ1) is 26.9. The maximum Gasteiger partial charge on any atom is 0.434 e. The SMILES string of the molecule is CCC(CC)C(=O)N1CCC(NC(=NC)NCCc2nc(C(F)(F)F)cs2)CC1.I. The number of likely N-dealkylation sites (tertiary alicyclic amines) is 1. The molecule has 1 amide bonds. The second-order valence-corrected chi connectivity index (χ2v) is 8.07. The lowest BCUT2D eigenvalue weighted by Gasteiger charge is -2.34. The van der Waals surface area contributed by atoms with E-state index in [0.29, 0.717) is 23.9 Å². The molecule has 1 fully saturated rings. The molecule has 2 N–H and O–H groups in total. The maximum atomic E-state index is 12.6. The molecule has 0 unspecified atom stereocenters. The number of halogens is 4. The number of rotatable bonds is 7. The number of alkyl halides is 3. The Labute approximate surface area is 197 Å². The van der Waals surface area contributed by atoms with Crippen LogP contribution in [0.15, 0.2) is 10.4 Å². The second-order valence-electron chi connectivity index (χ2n) is 7.13. The second kappa shape index (κ2) is 12.7. The molecule has 0 spiro atoms. The quantitative estimate of drug-likeness (QED) is 0.301. The van der Waals surface area contributed by atoms with Crippen molar-refractivity contribution >= 4 is 47.2 Å². The topological polar surface area (TPSA) is 69.6 Å². The molecular formula is C19H31F3IN5OS. The van der Waals surface area contributed by atoms with E-state index in [4.69, 9.17) is 0 Å². The number of aromatic nitrogens is 1. The highest BCUT2D eigenvalue weighted by Gasteiger charge is 2.33. The summed E-state index contributed by atoms with van der Waals surface area (Å²) in [5.74, 6) is 0.970. The Morgan fingerprint density at radius 1 is 1.33 bits per heavy atom. The van der Waals surface area contributed by atoms with Crippen molar-refractivity contribution in [3.8, 4) is 0 Å². The fourth-order valence-electron chi connectivity index (χ4n) is 3.37. The molecule has 1 aliphatic heterocycles. The predicted octanol–water partition coefficient (Wildman–Crippen LogP) is 3.91. The summed E-state index contributed by atoms with van der Waals surface area (Å²) in [7, 11) is 1.66. The molecule has 6 nitrogen and oxygen atoms in total. The Kier molecular flexibility index (Phi) is 11.4. The Hall–Kier alpha value is -1.11. The fraction of sp³-hybridized carbons (Fsp3) is 0.737. The van der Waals surface area contributed by atoms with Crippen LogP contribution in [0.25, 0.3) is 0 Å². The highest BCUT2D eigenvalue weighted by Crippen LogP contribution is 2.30. The molecule has 11 heteroatoms. The first-order valence-electron chi connectivity index (χ1n) is 10.1. The van der Waals surface area contributed by atoms with Crippen LogP contribution in [0.1, 0.15) is 50.2 Å². The Bertz CT molecular complexity index is 686. The average molecular weight is 561 g/mol. The van der Waals surface area contributed by atoms with Gasteiger partial charge in [0.2, 0.25) is 5.91 Å². The number of piperidine rings is 1. The smallest absolute Gasteiger partial charge is 0.356 e. The van der Waals surface area contributed by atoms with E-state index in [1.165, 1.54) is 0 Å². The van der Waals surface area contributed by atoms with Crippen LogP contribution in [-0.4, -0.2) is 54.5 Å². The molecule has 0 saturated carbocycles. The molecule has 0 aliphatic carbocycles. The summed E-state index contributed by atoms with van der Waals surface area (Å²) in [4.78, 5) is 22.2. The van der Waals surface area contributed by atoms with Gasteiger partial charge in [0.1, 0.15) is 0 Å². The fourth-order valence-corrected chi connectivity index (χ4v) is 4.18. The molecule has 1 aromatic rings. The van der Waals surface area contributed by atoms with Crippen molar-refractivity contribution in [3.63, 3.8) is 0 Å². The van der Waals surface area contributed by atoms with Gasteiger partial charge in [-0.25, -0.2) is 4.98 Å². The zero-order chi connectivity index (χ0) is 21.4. The number of nitrogens with one attached hydrogen (secondary N) is 2. The molecule has 172 valence electrons. The predicted molar refractivity (Wildman–Crippen MR) is 124 cm³/mol. The first-order chi connectivity index (χ1) is 13.8. The first-order valence-corrected chi connectivity index (χ1v) is 10.9. The number of amides is 1. The zero-order valence-electron chi connectivity index (χ0n) is 17.6. The van der Waals surface area contributed by atoms with Crippen molar-refractivity contribution in [3.05, 3.63) is 16.1 Å². The number of hydrogen-bond acceptors (Lipinski definition) is 4. The minimum atomic E-state index is -4.40. The number of nitrogens with zero attached hydrogens (tertiary/aromatic N) is 3. The van der Waals surface area contributed by atoms with Crippen molar-refractivity contribution < 1.29 is 18.0 Å². The van der Waals surface area contributed by atoms with Gasteiger partial charge in [0.25, 0.3) is 0 Å². The molecule has 1 aromatic heterocycles. The van der Waals surface area contributed by atoms with Gasteiger partial charge in [-0.05, 0) is 25.7 Å². The van der Waals surface area contributed by atoms with Gasteiger partial charge in [-0.2, -0.15) is 13.2 Å². The van der Waals surface area contributed by atoms with E-state index in [2.05, 4.69) is 20.6 Å². The van der Waals surface area contributed by atoms with Crippen molar-refractivity contribution in [1.29, 1.82) is 0 Å². The van der Waals surface area contributed by atoms with Crippen LogP contribution in [0.5, 0.6) is 0 Å². The standard InChI is InChI=1S/C19H30F3N5OS.HI/c1-4-13(5-2)17(28)27-10-7-14(8-11-27)25-18(23-3)24-9-6-16-26-15(12-29-16)19(20,21)22;/h12-14H,4-11H2,1-3H3,(H2,23,24,25);1H. The summed E-state index contributed by atoms with van der Waals surface area (Å²) in [6.07, 6.45) is -0.586.